The number of carboxylic acids is 1. The molecule has 0 saturated carbocycles. The summed E-state index contributed by atoms with van der Waals surface area (Å²) in [6.07, 6.45) is 1.34. The van der Waals surface area contributed by atoms with Crippen LogP contribution in [-0.4, -0.2) is 34.3 Å². The third-order valence-corrected chi connectivity index (χ3v) is 1.91. The molecular formula is C8H9ClN2O3. The third-order valence-electron chi connectivity index (χ3n) is 1.52. The molecule has 0 amide bonds. The molecule has 1 aromatic rings. The first-order valence-electron chi connectivity index (χ1n) is 3.89. The lowest BCUT2D eigenvalue weighted by molar-refractivity contribution is 0.0697. The van der Waals surface area contributed by atoms with E-state index in [2.05, 4.69) is 10.3 Å². The molecule has 0 radical (unpaired) electrons. The van der Waals surface area contributed by atoms with Crippen LogP contribution in [0.5, 0.6) is 0 Å². The molecule has 0 bridgehead atoms. The number of nitrogens with zero attached hydrogens (tertiary/aromatic N) is 1. The van der Waals surface area contributed by atoms with Crippen LogP contribution in [0, 0.1) is 0 Å². The Kier molecular flexibility index (Phi) is 3.67. The second-order valence-electron chi connectivity index (χ2n) is 2.48. The molecule has 0 fully saturated rings. The smallest absolute Gasteiger partial charge is 0.337 e. The first kappa shape index (κ1) is 10.7. The number of hydrogen-bond donors (Lipinski definition) is 3. The Bertz CT molecular complexity index is 343. The molecule has 6 heteroatoms. The van der Waals surface area contributed by atoms with Crippen molar-refractivity contribution in [3.8, 4) is 0 Å². The lowest BCUT2D eigenvalue weighted by Crippen LogP contribution is -2.09. The number of hydrogen-bond acceptors (Lipinski definition) is 4. The second kappa shape index (κ2) is 4.78. The van der Waals surface area contributed by atoms with Gasteiger partial charge in [0.15, 0.2) is 0 Å². The number of rotatable bonds is 4. The van der Waals surface area contributed by atoms with Crippen LogP contribution in [0.25, 0.3) is 0 Å². The SMILES string of the molecule is O=C(O)c1ccnc(NCCO)c1Cl. The molecule has 5 nitrogen and oxygen atoms in total. The summed E-state index contributed by atoms with van der Waals surface area (Å²) in [5.41, 5.74) is -0.0119. The van der Waals surface area contributed by atoms with Gasteiger partial charge in [-0.1, -0.05) is 11.6 Å². The van der Waals surface area contributed by atoms with E-state index in [1.54, 1.807) is 0 Å². The number of aromatic carboxylic acids is 1. The van der Waals surface area contributed by atoms with Crippen LogP contribution in [0.15, 0.2) is 12.3 Å². The molecule has 1 aromatic heterocycles. The molecule has 0 saturated heterocycles. The number of pyridine rings is 1. The Morgan fingerprint density at radius 3 is 2.93 bits per heavy atom. The van der Waals surface area contributed by atoms with Crippen molar-refractivity contribution in [1.29, 1.82) is 0 Å². The summed E-state index contributed by atoms with van der Waals surface area (Å²) in [5, 5.41) is 20.0. The maximum atomic E-state index is 10.7. The molecule has 0 aliphatic heterocycles. The number of aromatic nitrogens is 1. The van der Waals surface area contributed by atoms with Crippen LogP contribution < -0.4 is 5.32 Å². The summed E-state index contributed by atoms with van der Waals surface area (Å²) in [5.74, 6) is -0.843. The van der Waals surface area contributed by atoms with Gasteiger partial charge in [-0.15, -0.1) is 0 Å². The summed E-state index contributed by atoms with van der Waals surface area (Å²) in [6.45, 7) is 0.200. The van der Waals surface area contributed by atoms with Gasteiger partial charge in [-0.2, -0.15) is 0 Å². The topological polar surface area (TPSA) is 82.5 Å². The van der Waals surface area contributed by atoms with Crippen molar-refractivity contribution in [2.75, 3.05) is 18.5 Å². The standard InChI is InChI=1S/C8H9ClN2O3/c9-6-5(8(13)14)1-2-10-7(6)11-3-4-12/h1-2,12H,3-4H2,(H,10,11)(H,13,14). The van der Waals surface area contributed by atoms with Gasteiger partial charge in [-0.05, 0) is 6.07 Å². The van der Waals surface area contributed by atoms with Gasteiger partial charge in [0.2, 0.25) is 0 Å². The van der Waals surface area contributed by atoms with Crippen LogP contribution in [0.3, 0.4) is 0 Å². The molecule has 0 atom stereocenters. The molecule has 14 heavy (non-hydrogen) atoms. The van der Waals surface area contributed by atoms with Crippen molar-refractivity contribution in [2.24, 2.45) is 0 Å². The monoisotopic (exact) mass is 216 g/mol. The molecule has 0 aromatic carbocycles. The Morgan fingerprint density at radius 2 is 2.36 bits per heavy atom. The van der Waals surface area contributed by atoms with E-state index < -0.39 is 5.97 Å². The number of aliphatic hydroxyl groups is 1. The van der Waals surface area contributed by atoms with Crippen LogP contribution in [0.1, 0.15) is 10.4 Å². The quantitative estimate of drug-likeness (QED) is 0.695. The lowest BCUT2D eigenvalue weighted by Gasteiger charge is -2.06. The normalized spacial score (nSPS) is 9.86. The number of carbonyl (C=O) groups is 1. The lowest BCUT2D eigenvalue weighted by atomic mass is 10.2. The first-order chi connectivity index (χ1) is 6.66. The van der Waals surface area contributed by atoms with Gasteiger partial charge in [-0.25, -0.2) is 9.78 Å². The van der Waals surface area contributed by atoms with E-state index in [1.807, 2.05) is 0 Å². The molecular weight excluding hydrogens is 208 g/mol. The fourth-order valence-corrected chi connectivity index (χ4v) is 1.17. The predicted molar refractivity (Wildman–Crippen MR) is 51.8 cm³/mol. The summed E-state index contributed by atoms with van der Waals surface area (Å²) in [7, 11) is 0. The van der Waals surface area contributed by atoms with E-state index >= 15 is 0 Å². The number of nitrogens with one attached hydrogen (secondary N) is 1. The predicted octanol–water partition coefficient (Wildman–Crippen LogP) is 0.837. The van der Waals surface area contributed by atoms with Gasteiger partial charge in [-0.3, -0.25) is 0 Å². The minimum atomic E-state index is -1.11. The van der Waals surface area contributed by atoms with E-state index in [-0.39, 0.29) is 29.6 Å². The summed E-state index contributed by atoms with van der Waals surface area (Å²) >= 11 is 5.75. The molecule has 76 valence electrons. The van der Waals surface area contributed by atoms with Gasteiger partial charge in [0.05, 0.1) is 17.2 Å². The number of carboxylic acid groups (broad SMARTS) is 1. The molecule has 3 N–H and O–H groups in total. The zero-order chi connectivity index (χ0) is 10.6. The maximum absolute atomic E-state index is 10.7. The van der Waals surface area contributed by atoms with Crippen molar-refractivity contribution in [3.63, 3.8) is 0 Å². The largest absolute Gasteiger partial charge is 0.478 e. The second-order valence-corrected chi connectivity index (χ2v) is 2.85. The van der Waals surface area contributed by atoms with Crippen LogP contribution in [-0.2, 0) is 0 Å². The fraction of sp³-hybridized carbons (Fsp3) is 0.250. The molecule has 1 rings (SSSR count). The van der Waals surface area contributed by atoms with Crippen molar-refractivity contribution in [2.45, 2.75) is 0 Å². The Morgan fingerprint density at radius 1 is 1.64 bits per heavy atom. The van der Waals surface area contributed by atoms with Crippen molar-refractivity contribution in [1.82, 2.24) is 4.98 Å². The molecule has 0 aliphatic rings. The highest BCUT2D eigenvalue weighted by Gasteiger charge is 2.12. The highest BCUT2D eigenvalue weighted by Crippen LogP contribution is 2.22. The average Bonchev–Trinajstić information content (AvgIpc) is 2.16. The van der Waals surface area contributed by atoms with E-state index in [0.717, 1.165) is 0 Å². The summed E-state index contributed by atoms with van der Waals surface area (Å²) < 4.78 is 0. The van der Waals surface area contributed by atoms with E-state index in [4.69, 9.17) is 21.8 Å². The van der Waals surface area contributed by atoms with Crippen molar-refractivity contribution >= 4 is 23.4 Å². The van der Waals surface area contributed by atoms with Crippen molar-refractivity contribution in [3.05, 3.63) is 22.8 Å². The van der Waals surface area contributed by atoms with E-state index in [0.29, 0.717) is 0 Å². The first-order valence-corrected chi connectivity index (χ1v) is 4.27. The molecule has 0 unspecified atom stereocenters. The van der Waals surface area contributed by atoms with Gasteiger partial charge in [0.1, 0.15) is 5.82 Å². The molecule has 0 spiro atoms. The third kappa shape index (κ3) is 2.34. The van der Waals surface area contributed by atoms with Crippen molar-refractivity contribution < 1.29 is 15.0 Å². The minimum Gasteiger partial charge on any atom is -0.478 e. The Hall–Kier alpha value is -1.33. The van der Waals surface area contributed by atoms with Gasteiger partial charge >= 0.3 is 5.97 Å². The van der Waals surface area contributed by atoms with E-state index in [9.17, 15) is 4.79 Å². The van der Waals surface area contributed by atoms with Gasteiger partial charge < -0.3 is 15.5 Å². The summed E-state index contributed by atoms with van der Waals surface area (Å²) in [4.78, 5) is 14.5. The highest BCUT2D eigenvalue weighted by molar-refractivity contribution is 6.35. The molecule has 0 aliphatic carbocycles. The Balaban J connectivity index is 2.95. The van der Waals surface area contributed by atoms with Gasteiger partial charge in [0, 0.05) is 12.7 Å². The van der Waals surface area contributed by atoms with Crippen LogP contribution in [0.4, 0.5) is 5.82 Å². The maximum Gasteiger partial charge on any atom is 0.337 e. The summed E-state index contributed by atoms with van der Waals surface area (Å²) in [6, 6.07) is 1.31. The number of aliphatic hydroxyl groups excluding tert-OH is 1. The zero-order valence-electron chi connectivity index (χ0n) is 7.20. The van der Waals surface area contributed by atoms with Crippen LogP contribution >= 0.6 is 11.6 Å². The number of anilines is 1. The van der Waals surface area contributed by atoms with E-state index in [1.165, 1.54) is 12.3 Å². The van der Waals surface area contributed by atoms with Gasteiger partial charge in [0.25, 0.3) is 0 Å². The average molecular weight is 217 g/mol. The zero-order valence-corrected chi connectivity index (χ0v) is 7.95. The number of halogens is 1. The Labute approximate surface area is 85.3 Å². The highest BCUT2D eigenvalue weighted by atomic mass is 35.5. The molecule has 1 heterocycles. The van der Waals surface area contributed by atoms with Crippen LogP contribution in [0.2, 0.25) is 5.02 Å². The fourth-order valence-electron chi connectivity index (χ4n) is 0.906. The minimum absolute atomic E-state index is 0.0119.